The molecule has 1 nitrogen and oxygen atoms in total. The van der Waals surface area contributed by atoms with Crippen molar-refractivity contribution < 1.29 is 9.18 Å². The Kier molecular flexibility index (Phi) is 2.28. The highest BCUT2D eigenvalue weighted by Crippen LogP contribution is 2.36. The van der Waals surface area contributed by atoms with Crippen molar-refractivity contribution in [2.24, 2.45) is 0 Å². The lowest BCUT2D eigenvalue weighted by molar-refractivity contribution is 0.0994. The summed E-state index contributed by atoms with van der Waals surface area (Å²) in [6.45, 7) is 0. The van der Waals surface area contributed by atoms with E-state index in [1.807, 2.05) is 0 Å². The number of ketones is 1. The van der Waals surface area contributed by atoms with Gasteiger partial charge in [0, 0.05) is 16.5 Å². The van der Waals surface area contributed by atoms with Gasteiger partial charge in [0.2, 0.25) is 0 Å². The lowest BCUT2D eigenvalue weighted by atomic mass is 10.1. The Balaban J connectivity index is 2.76. The third-order valence-corrected chi connectivity index (χ3v) is 3.63. The van der Waals surface area contributed by atoms with Crippen molar-refractivity contribution in [1.29, 1.82) is 0 Å². The van der Waals surface area contributed by atoms with Crippen molar-refractivity contribution in [2.75, 3.05) is 0 Å². The minimum Gasteiger partial charge on any atom is -0.294 e. The number of hydrogen-bond donors (Lipinski definition) is 0. The molecular weight excluding hydrogens is 303 g/mol. The monoisotopic (exact) mass is 306 g/mol. The molecule has 0 saturated heterocycles. The molecule has 0 saturated carbocycles. The zero-order valence-electron chi connectivity index (χ0n) is 6.53. The lowest BCUT2D eigenvalue weighted by Gasteiger charge is -2.04. The molecule has 0 unspecified atom stereocenters. The van der Waals surface area contributed by atoms with Crippen LogP contribution in [0.4, 0.5) is 4.39 Å². The Morgan fingerprint density at radius 1 is 1.31 bits per heavy atom. The molecule has 1 aromatic carbocycles. The predicted octanol–water partition coefficient (Wildman–Crippen LogP) is 3.48. The molecule has 1 aromatic rings. The molecule has 0 bridgehead atoms. The summed E-state index contributed by atoms with van der Waals surface area (Å²) >= 11 is 6.34. The Bertz CT molecular complexity index is 401. The highest BCUT2D eigenvalue weighted by atomic mass is 79.9. The van der Waals surface area contributed by atoms with Gasteiger partial charge >= 0.3 is 0 Å². The van der Waals surface area contributed by atoms with Crippen LogP contribution in [0, 0.1) is 5.82 Å². The van der Waals surface area contributed by atoms with E-state index in [1.54, 1.807) is 0 Å². The second-order valence-electron chi connectivity index (χ2n) is 2.93. The van der Waals surface area contributed by atoms with E-state index in [4.69, 9.17) is 0 Å². The average molecular weight is 308 g/mol. The standard InChI is InChI=1S/C9H5Br2FO/c10-5-3-6(12)9(11)4-1-2-7(13)8(4)5/h3H,1-2H2. The summed E-state index contributed by atoms with van der Waals surface area (Å²) in [4.78, 5) is 11.4. The van der Waals surface area contributed by atoms with Gasteiger partial charge in [-0.2, -0.15) is 0 Å². The molecule has 4 heteroatoms. The van der Waals surface area contributed by atoms with Gasteiger partial charge in [-0.15, -0.1) is 0 Å². The van der Waals surface area contributed by atoms with Crippen LogP contribution < -0.4 is 0 Å². The van der Waals surface area contributed by atoms with Crippen LogP contribution in [0.15, 0.2) is 15.0 Å². The Hall–Kier alpha value is -0.220. The maximum absolute atomic E-state index is 13.2. The quantitative estimate of drug-likeness (QED) is 0.671. The first kappa shape index (κ1) is 9.34. The van der Waals surface area contributed by atoms with Crippen LogP contribution in [0.25, 0.3) is 0 Å². The van der Waals surface area contributed by atoms with Gasteiger partial charge in [-0.25, -0.2) is 4.39 Å². The van der Waals surface area contributed by atoms with E-state index in [0.717, 1.165) is 5.56 Å². The van der Waals surface area contributed by atoms with Crippen molar-refractivity contribution >= 4 is 37.6 Å². The number of Topliss-reactive ketones (excluding diaryl/α,β-unsaturated/α-hetero) is 1. The molecule has 0 amide bonds. The summed E-state index contributed by atoms with van der Waals surface area (Å²) in [6, 6.07) is 1.33. The molecule has 0 aliphatic heterocycles. The molecular formula is C9H5Br2FO. The normalized spacial score (nSPS) is 14.8. The number of carbonyl (C=O) groups is 1. The molecule has 0 atom stereocenters. The molecule has 0 radical (unpaired) electrons. The number of carbonyl (C=O) groups excluding carboxylic acids is 1. The van der Waals surface area contributed by atoms with Crippen LogP contribution >= 0.6 is 31.9 Å². The molecule has 0 heterocycles. The summed E-state index contributed by atoms with van der Waals surface area (Å²) in [7, 11) is 0. The number of benzene rings is 1. The molecule has 13 heavy (non-hydrogen) atoms. The van der Waals surface area contributed by atoms with Crippen molar-refractivity contribution in [3.05, 3.63) is 32.0 Å². The van der Waals surface area contributed by atoms with E-state index < -0.39 is 0 Å². The Labute approximate surface area is 91.6 Å². The summed E-state index contributed by atoms with van der Waals surface area (Å²) in [5.41, 5.74) is 1.42. The van der Waals surface area contributed by atoms with Crippen molar-refractivity contribution in [2.45, 2.75) is 12.8 Å². The van der Waals surface area contributed by atoms with Gasteiger partial charge < -0.3 is 0 Å². The number of halogens is 3. The van der Waals surface area contributed by atoms with Crippen molar-refractivity contribution in [3.63, 3.8) is 0 Å². The zero-order chi connectivity index (χ0) is 9.59. The van der Waals surface area contributed by atoms with Crippen LogP contribution in [0.2, 0.25) is 0 Å². The van der Waals surface area contributed by atoms with Gasteiger partial charge in [-0.05, 0) is 49.9 Å². The van der Waals surface area contributed by atoms with Crippen molar-refractivity contribution in [3.8, 4) is 0 Å². The fraction of sp³-hybridized carbons (Fsp3) is 0.222. The van der Waals surface area contributed by atoms with Crippen LogP contribution in [0.5, 0.6) is 0 Å². The van der Waals surface area contributed by atoms with E-state index in [-0.39, 0.29) is 11.6 Å². The molecule has 0 spiro atoms. The van der Waals surface area contributed by atoms with E-state index in [2.05, 4.69) is 31.9 Å². The average Bonchev–Trinajstić information content (AvgIpc) is 2.44. The van der Waals surface area contributed by atoms with Gasteiger partial charge in [0.1, 0.15) is 5.82 Å². The van der Waals surface area contributed by atoms with Crippen LogP contribution in [-0.4, -0.2) is 5.78 Å². The largest absolute Gasteiger partial charge is 0.294 e. The first-order valence-corrected chi connectivity index (χ1v) is 5.39. The summed E-state index contributed by atoms with van der Waals surface area (Å²) in [6.07, 6.45) is 1.11. The SMILES string of the molecule is O=C1CCc2c(Br)c(F)cc(Br)c21. The maximum atomic E-state index is 13.2. The summed E-state index contributed by atoms with van der Waals surface area (Å²) in [5, 5.41) is 0. The van der Waals surface area contributed by atoms with Gasteiger partial charge in [0.05, 0.1) is 4.47 Å². The second kappa shape index (κ2) is 3.17. The molecule has 0 fully saturated rings. The molecule has 0 aromatic heterocycles. The van der Waals surface area contributed by atoms with Crippen LogP contribution in [-0.2, 0) is 6.42 Å². The third kappa shape index (κ3) is 1.36. The Morgan fingerprint density at radius 3 is 2.69 bits per heavy atom. The highest BCUT2D eigenvalue weighted by molar-refractivity contribution is 9.11. The highest BCUT2D eigenvalue weighted by Gasteiger charge is 2.26. The number of fused-ring (bicyclic) bond motifs is 1. The van der Waals surface area contributed by atoms with E-state index in [9.17, 15) is 9.18 Å². The van der Waals surface area contributed by atoms with Gasteiger partial charge in [-0.1, -0.05) is 0 Å². The molecule has 68 valence electrons. The summed E-state index contributed by atoms with van der Waals surface area (Å²) < 4.78 is 14.2. The van der Waals surface area contributed by atoms with Crippen molar-refractivity contribution in [1.82, 2.24) is 0 Å². The number of rotatable bonds is 0. The predicted molar refractivity (Wildman–Crippen MR) is 54.5 cm³/mol. The van der Waals surface area contributed by atoms with Gasteiger partial charge in [0.15, 0.2) is 5.78 Å². The molecule has 0 N–H and O–H groups in total. The third-order valence-electron chi connectivity index (χ3n) is 2.15. The lowest BCUT2D eigenvalue weighted by Crippen LogP contribution is -1.95. The summed E-state index contributed by atoms with van der Waals surface area (Å²) in [5.74, 6) is -0.233. The van der Waals surface area contributed by atoms with E-state index in [0.29, 0.717) is 27.4 Å². The van der Waals surface area contributed by atoms with E-state index >= 15 is 0 Å². The minimum atomic E-state index is -0.319. The smallest absolute Gasteiger partial charge is 0.164 e. The van der Waals surface area contributed by atoms with E-state index in [1.165, 1.54) is 6.07 Å². The van der Waals surface area contributed by atoms with Gasteiger partial charge in [-0.3, -0.25) is 4.79 Å². The van der Waals surface area contributed by atoms with Crippen LogP contribution in [0.1, 0.15) is 22.3 Å². The molecule has 1 aliphatic rings. The van der Waals surface area contributed by atoms with Gasteiger partial charge in [0.25, 0.3) is 0 Å². The first-order valence-electron chi connectivity index (χ1n) is 3.81. The minimum absolute atomic E-state index is 0.0857. The Morgan fingerprint density at radius 2 is 2.00 bits per heavy atom. The second-order valence-corrected chi connectivity index (χ2v) is 4.58. The first-order chi connectivity index (χ1) is 6.11. The fourth-order valence-corrected chi connectivity index (χ4v) is 2.72. The fourth-order valence-electron chi connectivity index (χ4n) is 1.54. The maximum Gasteiger partial charge on any atom is 0.164 e. The van der Waals surface area contributed by atoms with Crippen LogP contribution in [0.3, 0.4) is 0 Å². The zero-order valence-corrected chi connectivity index (χ0v) is 9.71. The molecule has 1 aliphatic carbocycles. The topological polar surface area (TPSA) is 17.1 Å². The molecule has 2 rings (SSSR count). The number of hydrogen-bond acceptors (Lipinski definition) is 1.